The molecule has 0 aromatic rings. The van der Waals surface area contributed by atoms with Gasteiger partial charge >= 0.3 is 0 Å². The molecule has 0 N–H and O–H groups in total. The summed E-state index contributed by atoms with van der Waals surface area (Å²) < 4.78 is 5.74. The summed E-state index contributed by atoms with van der Waals surface area (Å²) >= 11 is 0. The van der Waals surface area contributed by atoms with E-state index in [-0.39, 0.29) is 0 Å². The van der Waals surface area contributed by atoms with Gasteiger partial charge < -0.3 is 4.74 Å². The first-order chi connectivity index (χ1) is 10.4. The molecule has 0 amide bonds. The summed E-state index contributed by atoms with van der Waals surface area (Å²) in [6.45, 7) is 25.7. The Labute approximate surface area is 146 Å². The van der Waals surface area contributed by atoms with Crippen LogP contribution in [0.25, 0.3) is 0 Å². The molecular formula is C21H43NO. The third kappa shape index (κ3) is 4.72. The Bertz CT molecular complexity index is 358. The van der Waals surface area contributed by atoms with Crippen molar-refractivity contribution in [2.75, 3.05) is 13.2 Å². The van der Waals surface area contributed by atoms with E-state index in [2.05, 4.69) is 74.1 Å². The molecule has 23 heavy (non-hydrogen) atoms. The maximum absolute atomic E-state index is 5.74. The van der Waals surface area contributed by atoms with E-state index in [1.807, 2.05) is 0 Å². The molecule has 138 valence electrons. The molecular weight excluding hydrogens is 282 g/mol. The van der Waals surface area contributed by atoms with Crippen LogP contribution < -0.4 is 0 Å². The lowest BCUT2D eigenvalue weighted by atomic mass is 9.55. The van der Waals surface area contributed by atoms with Gasteiger partial charge in [0, 0.05) is 23.5 Å². The third-order valence-electron chi connectivity index (χ3n) is 6.47. The minimum atomic E-state index is 0.305. The molecule has 0 spiro atoms. The zero-order valence-electron chi connectivity index (χ0n) is 17.6. The number of rotatable bonds is 9. The SMILES string of the molecule is CCC(C)(C)CC1(C(C)(C)CC(C)N(C(C)C)C(C)C)COC1. The van der Waals surface area contributed by atoms with E-state index in [4.69, 9.17) is 4.74 Å². The Kier molecular flexibility index (Phi) is 6.78. The van der Waals surface area contributed by atoms with Crippen LogP contribution in [0.3, 0.4) is 0 Å². The summed E-state index contributed by atoms with van der Waals surface area (Å²) in [6.07, 6.45) is 3.76. The summed E-state index contributed by atoms with van der Waals surface area (Å²) in [5.41, 5.74) is 1.06. The van der Waals surface area contributed by atoms with Crippen molar-refractivity contribution in [1.29, 1.82) is 0 Å². The fraction of sp³-hybridized carbons (Fsp3) is 1.00. The van der Waals surface area contributed by atoms with E-state index >= 15 is 0 Å². The van der Waals surface area contributed by atoms with Crippen LogP contribution in [0.2, 0.25) is 0 Å². The third-order valence-corrected chi connectivity index (χ3v) is 6.47. The number of nitrogens with zero attached hydrogens (tertiary/aromatic N) is 1. The molecule has 1 unspecified atom stereocenters. The highest BCUT2D eigenvalue weighted by Crippen LogP contribution is 2.54. The van der Waals surface area contributed by atoms with Gasteiger partial charge in [0.25, 0.3) is 0 Å². The predicted molar refractivity (Wildman–Crippen MR) is 102 cm³/mol. The first-order valence-electron chi connectivity index (χ1n) is 9.73. The lowest BCUT2D eigenvalue weighted by molar-refractivity contribution is -0.198. The average Bonchev–Trinajstić information content (AvgIpc) is 2.31. The van der Waals surface area contributed by atoms with Crippen molar-refractivity contribution in [3.8, 4) is 0 Å². The van der Waals surface area contributed by atoms with Gasteiger partial charge in [-0.15, -0.1) is 0 Å². The average molecular weight is 326 g/mol. The molecule has 1 heterocycles. The van der Waals surface area contributed by atoms with Crippen LogP contribution in [0.1, 0.15) is 88.5 Å². The lowest BCUT2D eigenvalue weighted by Crippen LogP contribution is -2.57. The topological polar surface area (TPSA) is 12.5 Å². The van der Waals surface area contributed by atoms with Crippen LogP contribution in [-0.4, -0.2) is 36.2 Å². The molecule has 1 atom stereocenters. The van der Waals surface area contributed by atoms with Crippen LogP contribution in [0, 0.1) is 16.2 Å². The molecule has 2 nitrogen and oxygen atoms in total. The number of ether oxygens (including phenoxy) is 1. The van der Waals surface area contributed by atoms with Gasteiger partial charge in [-0.3, -0.25) is 4.90 Å². The molecule has 1 rings (SSSR count). The minimum absolute atomic E-state index is 0.305. The molecule has 1 aliphatic rings. The highest BCUT2D eigenvalue weighted by atomic mass is 16.5. The highest BCUT2D eigenvalue weighted by Gasteiger charge is 2.53. The molecule has 0 saturated carbocycles. The molecule has 2 heteroatoms. The van der Waals surface area contributed by atoms with Gasteiger partial charge in [0.2, 0.25) is 0 Å². The molecule has 1 saturated heterocycles. The fourth-order valence-electron chi connectivity index (χ4n) is 4.80. The van der Waals surface area contributed by atoms with Gasteiger partial charge in [-0.1, -0.05) is 41.0 Å². The van der Waals surface area contributed by atoms with E-state index in [9.17, 15) is 0 Å². The molecule has 0 aromatic carbocycles. The van der Waals surface area contributed by atoms with Crippen molar-refractivity contribution in [2.24, 2.45) is 16.2 Å². The minimum Gasteiger partial charge on any atom is -0.380 e. The number of hydrogen-bond donors (Lipinski definition) is 0. The molecule has 0 aliphatic carbocycles. The van der Waals surface area contributed by atoms with Crippen molar-refractivity contribution < 1.29 is 4.74 Å². The second kappa shape index (κ2) is 7.44. The van der Waals surface area contributed by atoms with E-state index < -0.39 is 0 Å². The van der Waals surface area contributed by atoms with Crippen molar-refractivity contribution >= 4 is 0 Å². The Hall–Kier alpha value is -0.0800. The van der Waals surface area contributed by atoms with Crippen molar-refractivity contribution in [2.45, 2.75) is 107 Å². The zero-order chi connectivity index (χ0) is 18.1. The quantitative estimate of drug-likeness (QED) is 0.535. The summed E-state index contributed by atoms with van der Waals surface area (Å²) in [7, 11) is 0. The Morgan fingerprint density at radius 3 is 1.74 bits per heavy atom. The van der Waals surface area contributed by atoms with Gasteiger partial charge in [-0.2, -0.15) is 0 Å². The Morgan fingerprint density at radius 2 is 1.43 bits per heavy atom. The van der Waals surface area contributed by atoms with E-state index in [1.54, 1.807) is 0 Å². The van der Waals surface area contributed by atoms with E-state index in [0.717, 1.165) is 13.2 Å². The van der Waals surface area contributed by atoms with Gasteiger partial charge in [-0.25, -0.2) is 0 Å². The van der Waals surface area contributed by atoms with Crippen molar-refractivity contribution in [3.63, 3.8) is 0 Å². The van der Waals surface area contributed by atoms with Crippen LogP contribution in [-0.2, 0) is 4.74 Å². The van der Waals surface area contributed by atoms with Crippen LogP contribution >= 0.6 is 0 Å². The van der Waals surface area contributed by atoms with Crippen molar-refractivity contribution in [3.05, 3.63) is 0 Å². The summed E-state index contributed by atoms with van der Waals surface area (Å²) in [5, 5.41) is 0. The molecule has 0 radical (unpaired) electrons. The first-order valence-corrected chi connectivity index (χ1v) is 9.73. The monoisotopic (exact) mass is 325 g/mol. The van der Waals surface area contributed by atoms with Crippen LogP contribution in [0.4, 0.5) is 0 Å². The van der Waals surface area contributed by atoms with Gasteiger partial charge in [-0.05, 0) is 58.3 Å². The molecule has 0 aromatic heterocycles. The largest absolute Gasteiger partial charge is 0.380 e. The van der Waals surface area contributed by atoms with E-state index in [0.29, 0.717) is 34.4 Å². The van der Waals surface area contributed by atoms with E-state index in [1.165, 1.54) is 19.3 Å². The molecule has 1 fully saturated rings. The van der Waals surface area contributed by atoms with Gasteiger partial charge in [0.15, 0.2) is 0 Å². The maximum atomic E-state index is 5.74. The Balaban J connectivity index is 2.91. The summed E-state index contributed by atoms with van der Waals surface area (Å²) in [6, 6.07) is 1.80. The lowest BCUT2D eigenvalue weighted by Gasteiger charge is -2.57. The smallest absolute Gasteiger partial charge is 0.0550 e. The Morgan fingerprint density at radius 1 is 0.957 bits per heavy atom. The fourth-order valence-corrected chi connectivity index (χ4v) is 4.80. The number of hydrogen-bond acceptors (Lipinski definition) is 2. The van der Waals surface area contributed by atoms with Crippen LogP contribution in [0.5, 0.6) is 0 Å². The first kappa shape index (κ1) is 21.0. The standard InChI is InChI=1S/C21H43NO/c1-11-19(7,8)13-21(14-23-15-21)20(9,10)12-18(6)22(16(2)3)17(4)5/h16-18H,11-15H2,1-10H3. The predicted octanol–water partition coefficient (Wildman–Crippen LogP) is 5.75. The molecule has 1 aliphatic heterocycles. The van der Waals surface area contributed by atoms with Crippen LogP contribution in [0.15, 0.2) is 0 Å². The summed E-state index contributed by atoms with van der Waals surface area (Å²) in [4.78, 5) is 2.67. The highest BCUT2D eigenvalue weighted by molar-refractivity contribution is 5.01. The van der Waals surface area contributed by atoms with Crippen molar-refractivity contribution in [1.82, 2.24) is 4.90 Å². The van der Waals surface area contributed by atoms with Gasteiger partial charge in [0.1, 0.15) is 0 Å². The second-order valence-electron chi connectivity index (χ2n) is 10.0. The van der Waals surface area contributed by atoms with Gasteiger partial charge in [0.05, 0.1) is 13.2 Å². The molecule has 0 bridgehead atoms. The zero-order valence-corrected chi connectivity index (χ0v) is 17.6. The normalized spacial score (nSPS) is 20.2. The second-order valence-corrected chi connectivity index (χ2v) is 10.0. The maximum Gasteiger partial charge on any atom is 0.0550 e. The summed E-state index contributed by atoms with van der Waals surface area (Å²) in [5.74, 6) is 0.